The van der Waals surface area contributed by atoms with Crippen molar-refractivity contribution in [3.05, 3.63) is 68.8 Å². The van der Waals surface area contributed by atoms with E-state index in [4.69, 9.17) is 40.5 Å². The zero-order chi connectivity index (χ0) is 15.0. The lowest BCUT2D eigenvalue weighted by atomic mass is 10.2. The maximum absolute atomic E-state index is 6.25. The zero-order valence-electron chi connectivity index (χ0n) is 11.1. The van der Waals surface area contributed by atoms with Crippen molar-refractivity contribution >= 4 is 45.7 Å². The maximum Gasteiger partial charge on any atom is 0.0501 e. The lowest BCUT2D eigenvalue weighted by Crippen LogP contribution is -1.99. The van der Waals surface area contributed by atoms with Gasteiger partial charge in [-0.25, -0.2) is 0 Å². The maximum atomic E-state index is 6.25. The van der Waals surface area contributed by atoms with Gasteiger partial charge >= 0.3 is 0 Å². The third-order valence-electron chi connectivity index (χ3n) is 3.50. The van der Waals surface area contributed by atoms with Crippen LogP contribution in [0.3, 0.4) is 0 Å². The largest absolute Gasteiger partial charge is 0.343 e. The van der Waals surface area contributed by atoms with Crippen LogP contribution in [0.4, 0.5) is 0 Å². The van der Waals surface area contributed by atoms with Gasteiger partial charge in [-0.05, 0) is 35.4 Å². The number of halogens is 3. The molecule has 0 bridgehead atoms. The van der Waals surface area contributed by atoms with Crippen molar-refractivity contribution in [2.45, 2.75) is 13.1 Å². The minimum absolute atomic E-state index is 0.486. The highest BCUT2D eigenvalue weighted by atomic mass is 35.5. The molecule has 0 spiro atoms. The summed E-state index contributed by atoms with van der Waals surface area (Å²) in [7, 11) is 0. The summed E-state index contributed by atoms with van der Waals surface area (Å²) in [6.45, 7) is 1.13. The van der Waals surface area contributed by atoms with Crippen LogP contribution >= 0.6 is 34.8 Å². The fourth-order valence-electron chi connectivity index (χ4n) is 2.47. The molecule has 3 rings (SSSR count). The van der Waals surface area contributed by atoms with E-state index >= 15 is 0 Å². The van der Waals surface area contributed by atoms with Crippen molar-refractivity contribution in [2.75, 3.05) is 0 Å². The Bertz CT molecular complexity index is 809. The van der Waals surface area contributed by atoms with Crippen LogP contribution in [0, 0.1) is 0 Å². The molecular formula is C16H13Cl3N2. The van der Waals surface area contributed by atoms with Gasteiger partial charge in [0.1, 0.15) is 0 Å². The molecule has 108 valence electrons. The summed E-state index contributed by atoms with van der Waals surface area (Å²) in [6, 6.07) is 11.3. The average molecular weight is 340 g/mol. The van der Waals surface area contributed by atoms with E-state index in [1.54, 1.807) is 6.07 Å². The molecule has 0 radical (unpaired) electrons. The van der Waals surface area contributed by atoms with Crippen LogP contribution in [0.5, 0.6) is 0 Å². The van der Waals surface area contributed by atoms with Gasteiger partial charge in [-0.2, -0.15) is 0 Å². The van der Waals surface area contributed by atoms with Crippen molar-refractivity contribution in [1.82, 2.24) is 4.57 Å². The topological polar surface area (TPSA) is 30.9 Å². The molecule has 0 amide bonds. The quantitative estimate of drug-likeness (QED) is 0.706. The van der Waals surface area contributed by atoms with Crippen LogP contribution in [-0.2, 0) is 13.1 Å². The summed E-state index contributed by atoms with van der Waals surface area (Å²) in [5.41, 5.74) is 8.96. The van der Waals surface area contributed by atoms with Crippen LogP contribution in [0.25, 0.3) is 10.9 Å². The van der Waals surface area contributed by atoms with Gasteiger partial charge in [0.25, 0.3) is 0 Å². The minimum Gasteiger partial charge on any atom is -0.343 e. The zero-order valence-corrected chi connectivity index (χ0v) is 13.4. The van der Waals surface area contributed by atoms with E-state index in [9.17, 15) is 0 Å². The molecule has 0 aliphatic carbocycles. The van der Waals surface area contributed by atoms with E-state index in [0.29, 0.717) is 28.2 Å². The van der Waals surface area contributed by atoms with Gasteiger partial charge in [-0.15, -0.1) is 0 Å². The van der Waals surface area contributed by atoms with Crippen molar-refractivity contribution in [3.63, 3.8) is 0 Å². The molecule has 0 unspecified atom stereocenters. The molecule has 1 aromatic heterocycles. The summed E-state index contributed by atoms with van der Waals surface area (Å²) in [6.07, 6.45) is 2.05. The van der Waals surface area contributed by atoms with E-state index in [0.717, 1.165) is 22.0 Å². The fourth-order valence-corrected chi connectivity index (χ4v) is 3.10. The summed E-state index contributed by atoms with van der Waals surface area (Å²) in [5, 5.41) is 3.10. The Hall–Kier alpha value is -1.19. The standard InChI is InChI=1S/C16H13Cl3N2/c17-12-2-1-10(15(19)5-12)8-21-9-11(7-20)14-4-3-13(18)6-16(14)21/h1-6,9H,7-8,20H2. The van der Waals surface area contributed by atoms with E-state index in [1.165, 1.54) is 0 Å². The molecular weight excluding hydrogens is 327 g/mol. The van der Waals surface area contributed by atoms with Gasteiger partial charge < -0.3 is 10.3 Å². The molecule has 3 aromatic rings. The molecule has 0 aliphatic rings. The molecule has 2 nitrogen and oxygen atoms in total. The summed E-state index contributed by atoms with van der Waals surface area (Å²) < 4.78 is 2.11. The Balaban J connectivity index is 2.09. The Morgan fingerprint density at radius 3 is 2.33 bits per heavy atom. The Kier molecular flexibility index (Phi) is 4.14. The first kappa shape index (κ1) is 14.7. The second-order valence-corrected chi connectivity index (χ2v) is 6.16. The summed E-state index contributed by atoms with van der Waals surface area (Å²) in [5.74, 6) is 0. The van der Waals surface area contributed by atoms with Crippen LogP contribution in [-0.4, -0.2) is 4.57 Å². The van der Waals surface area contributed by atoms with Gasteiger partial charge in [0, 0.05) is 39.7 Å². The van der Waals surface area contributed by atoms with E-state index in [2.05, 4.69) is 4.57 Å². The molecule has 0 aliphatic heterocycles. The highest BCUT2D eigenvalue weighted by molar-refractivity contribution is 6.35. The van der Waals surface area contributed by atoms with Crippen LogP contribution < -0.4 is 5.73 Å². The second kappa shape index (κ2) is 5.90. The van der Waals surface area contributed by atoms with Crippen molar-refractivity contribution < 1.29 is 0 Å². The summed E-state index contributed by atoms with van der Waals surface area (Å²) in [4.78, 5) is 0. The first-order valence-electron chi connectivity index (χ1n) is 6.50. The van der Waals surface area contributed by atoms with Crippen molar-refractivity contribution in [3.8, 4) is 0 Å². The molecule has 5 heteroatoms. The van der Waals surface area contributed by atoms with Gasteiger partial charge in [0.2, 0.25) is 0 Å². The number of fused-ring (bicyclic) bond motifs is 1. The number of hydrogen-bond donors (Lipinski definition) is 1. The highest BCUT2D eigenvalue weighted by Crippen LogP contribution is 2.27. The number of nitrogens with two attached hydrogens (primary N) is 1. The van der Waals surface area contributed by atoms with Gasteiger partial charge in [0.15, 0.2) is 0 Å². The van der Waals surface area contributed by atoms with Gasteiger partial charge in [0.05, 0.1) is 5.52 Å². The highest BCUT2D eigenvalue weighted by Gasteiger charge is 2.10. The van der Waals surface area contributed by atoms with E-state index in [1.807, 2.05) is 36.5 Å². The first-order chi connectivity index (χ1) is 10.1. The number of hydrogen-bond acceptors (Lipinski definition) is 1. The number of aromatic nitrogens is 1. The molecule has 0 saturated carbocycles. The number of rotatable bonds is 3. The van der Waals surface area contributed by atoms with Crippen molar-refractivity contribution in [1.29, 1.82) is 0 Å². The molecule has 1 heterocycles. The predicted molar refractivity (Wildman–Crippen MR) is 90.4 cm³/mol. The molecule has 2 N–H and O–H groups in total. The first-order valence-corrected chi connectivity index (χ1v) is 7.63. The third-order valence-corrected chi connectivity index (χ3v) is 4.32. The van der Waals surface area contributed by atoms with Crippen molar-refractivity contribution in [2.24, 2.45) is 5.73 Å². The average Bonchev–Trinajstić information content (AvgIpc) is 2.79. The minimum atomic E-state index is 0.486. The van der Waals surface area contributed by atoms with E-state index in [-0.39, 0.29) is 0 Å². The lowest BCUT2D eigenvalue weighted by Gasteiger charge is -2.08. The normalized spacial score (nSPS) is 11.2. The van der Waals surface area contributed by atoms with Gasteiger partial charge in [-0.3, -0.25) is 0 Å². The SMILES string of the molecule is NCc1cn(Cc2ccc(Cl)cc2Cl)c2cc(Cl)ccc12. The molecule has 0 atom stereocenters. The smallest absolute Gasteiger partial charge is 0.0501 e. The Labute approximate surface area is 138 Å². The predicted octanol–water partition coefficient (Wildman–Crippen LogP) is 5.11. The number of nitrogens with zero attached hydrogens (tertiary/aromatic N) is 1. The molecule has 21 heavy (non-hydrogen) atoms. The van der Waals surface area contributed by atoms with Crippen LogP contribution in [0.1, 0.15) is 11.1 Å². The molecule has 0 fully saturated rings. The fraction of sp³-hybridized carbons (Fsp3) is 0.125. The van der Waals surface area contributed by atoms with E-state index < -0.39 is 0 Å². The second-order valence-electron chi connectivity index (χ2n) is 4.88. The van der Waals surface area contributed by atoms with Gasteiger partial charge in [-0.1, -0.05) is 46.9 Å². The molecule has 0 saturated heterocycles. The lowest BCUT2D eigenvalue weighted by molar-refractivity contribution is 0.830. The van der Waals surface area contributed by atoms with Crippen LogP contribution in [0.15, 0.2) is 42.6 Å². The third kappa shape index (κ3) is 2.90. The summed E-state index contributed by atoms with van der Waals surface area (Å²) >= 11 is 18.3. The Morgan fingerprint density at radius 2 is 1.62 bits per heavy atom. The van der Waals surface area contributed by atoms with Crippen LogP contribution in [0.2, 0.25) is 15.1 Å². The molecule has 2 aromatic carbocycles. The Morgan fingerprint density at radius 1 is 0.905 bits per heavy atom. The monoisotopic (exact) mass is 338 g/mol. The number of benzene rings is 2.